The first-order valence-corrected chi connectivity index (χ1v) is 7.69. The molecular weight excluding hydrogens is 284 g/mol. The molecule has 0 aliphatic carbocycles. The number of anilines is 1. The van der Waals surface area contributed by atoms with E-state index in [1.54, 1.807) is 0 Å². The summed E-state index contributed by atoms with van der Waals surface area (Å²) in [5.74, 6) is 0. The molecule has 1 aliphatic heterocycles. The van der Waals surface area contributed by atoms with E-state index in [1.807, 2.05) is 49.4 Å². The molecule has 0 spiro atoms. The molecule has 23 heavy (non-hydrogen) atoms. The van der Waals surface area contributed by atoms with Gasteiger partial charge in [0.05, 0.1) is 5.54 Å². The van der Waals surface area contributed by atoms with Gasteiger partial charge in [-0.2, -0.15) is 0 Å². The lowest BCUT2D eigenvalue weighted by Gasteiger charge is -2.33. The van der Waals surface area contributed by atoms with E-state index in [4.69, 9.17) is 17.2 Å². The molecule has 0 bridgehead atoms. The summed E-state index contributed by atoms with van der Waals surface area (Å²) >= 11 is 0. The summed E-state index contributed by atoms with van der Waals surface area (Å²) in [5.41, 5.74) is 22.8. The highest BCUT2D eigenvalue weighted by molar-refractivity contribution is 5.94. The highest BCUT2D eigenvalue weighted by Gasteiger charge is 2.32. The molecule has 0 fully saturated rings. The maximum atomic E-state index is 6.47. The molecule has 3 rings (SSSR count). The number of rotatable bonds is 3. The summed E-state index contributed by atoms with van der Waals surface area (Å²) in [4.78, 5) is 4.39. The lowest BCUT2D eigenvalue weighted by atomic mass is 9.86. The topological polar surface area (TPSA) is 90.4 Å². The van der Waals surface area contributed by atoms with E-state index in [0.29, 0.717) is 6.42 Å². The van der Waals surface area contributed by atoms with Gasteiger partial charge in [0.15, 0.2) is 0 Å². The number of nitrogens with zero attached hydrogens (tertiary/aromatic N) is 1. The summed E-state index contributed by atoms with van der Waals surface area (Å²) in [6.45, 7) is 1.93. The van der Waals surface area contributed by atoms with Gasteiger partial charge in [-0.3, -0.25) is 4.99 Å². The van der Waals surface area contributed by atoms with Crippen molar-refractivity contribution in [1.82, 2.24) is 0 Å². The molecule has 2 atom stereocenters. The van der Waals surface area contributed by atoms with E-state index in [9.17, 15) is 0 Å². The molecule has 2 unspecified atom stereocenters. The third-order valence-electron chi connectivity index (χ3n) is 4.19. The Morgan fingerprint density at radius 2 is 1.78 bits per heavy atom. The van der Waals surface area contributed by atoms with Crippen LogP contribution in [0.2, 0.25) is 0 Å². The van der Waals surface area contributed by atoms with E-state index in [2.05, 4.69) is 23.2 Å². The van der Waals surface area contributed by atoms with Crippen molar-refractivity contribution >= 4 is 11.4 Å². The zero-order chi connectivity index (χ0) is 16.4. The Kier molecular flexibility index (Phi) is 4.03. The fourth-order valence-electron chi connectivity index (χ4n) is 2.85. The van der Waals surface area contributed by atoms with Crippen LogP contribution in [0.1, 0.15) is 12.5 Å². The third kappa shape index (κ3) is 3.33. The molecular formula is C19H22N4. The van der Waals surface area contributed by atoms with Gasteiger partial charge >= 0.3 is 0 Å². The number of aliphatic imine (C=N–C) groups is 1. The summed E-state index contributed by atoms with van der Waals surface area (Å²) in [5, 5.41) is 0. The van der Waals surface area contributed by atoms with Crippen LogP contribution in [0.4, 0.5) is 5.69 Å². The highest BCUT2D eigenvalue weighted by atomic mass is 15.0. The van der Waals surface area contributed by atoms with Crippen LogP contribution in [0, 0.1) is 0 Å². The lowest BCUT2D eigenvalue weighted by molar-refractivity contribution is 0.424. The normalized spacial score (nSPS) is 23.6. The van der Waals surface area contributed by atoms with Crippen LogP contribution in [0.3, 0.4) is 0 Å². The number of nitrogens with two attached hydrogens (primary N) is 3. The fraction of sp³-hybridized carbons (Fsp3) is 0.211. The minimum Gasteiger partial charge on any atom is -0.399 e. The van der Waals surface area contributed by atoms with Crippen molar-refractivity contribution in [1.29, 1.82) is 0 Å². The average Bonchev–Trinajstić information content (AvgIpc) is 2.52. The Hall–Kier alpha value is -2.43. The SMILES string of the molecule is CC1=NC(N)C(N)(Cc2cccc(-c3cccc(N)c3)c2)C=C1. The van der Waals surface area contributed by atoms with E-state index in [1.165, 1.54) is 0 Å². The second-order valence-corrected chi connectivity index (χ2v) is 6.16. The molecule has 0 saturated carbocycles. The van der Waals surface area contributed by atoms with Crippen LogP contribution in [-0.4, -0.2) is 17.4 Å². The molecule has 0 amide bonds. The van der Waals surface area contributed by atoms with Gasteiger partial charge in [0.1, 0.15) is 6.17 Å². The molecule has 2 aromatic rings. The van der Waals surface area contributed by atoms with Crippen molar-refractivity contribution in [3.63, 3.8) is 0 Å². The third-order valence-corrected chi connectivity index (χ3v) is 4.19. The fourth-order valence-corrected chi connectivity index (χ4v) is 2.85. The number of hydrogen-bond donors (Lipinski definition) is 3. The molecule has 1 heterocycles. The van der Waals surface area contributed by atoms with Crippen LogP contribution in [-0.2, 0) is 6.42 Å². The maximum absolute atomic E-state index is 6.47. The van der Waals surface area contributed by atoms with Crippen molar-refractivity contribution in [3.8, 4) is 11.1 Å². The Bertz CT molecular complexity index is 778. The maximum Gasteiger partial charge on any atom is 0.119 e. The van der Waals surface area contributed by atoms with Crippen LogP contribution < -0.4 is 17.2 Å². The smallest absolute Gasteiger partial charge is 0.119 e. The van der Waals surface area contributed by atoms with Crippen molar-refractivity contribution in [2.24, 2.45) is 16.5 Å². The summed E-state index contributed by atoms with van der Waals surface area (Å²) in [6, 6.07) is 16.2. The minimum absolute atomic E-state index is 0.427. The molecule has 1 aliphatic rings. The largest absolute Gasteiger partial charge is 0.399 e. The Balaban J connectivity index is 1.88. The van der Waals surface area contributed by atoms with E-state index < -0.39 is 11.7 Å². The Morgan fingerprint density at radius 1 is 1.09 bits per heavy atom. The first-order valence-electron chi connectivity index (χ1n) is 7.69. The van der Waals surface area contributed by atoms with Gasteiger partial charge in [0.2, 0.25) is 0 Å². The van der Waals surface area contributed by atoms with E-state index >= 15 is 0 Å². The van der Waals surface area contributed by atoms with Gasteiger partial charge in [-0.1, -0.05) is 42.5 Å². The first-order chi connectivity index (χ1) is 11.0. The van der Waals surface area contributed by atoms with Crippen LogP contribution in [0.15, 0.2) is 65.7 Å². The first kappa shape index (κ1) is 15.5. The predicted octanol–water partition coefficient (Wildman–Crippen LogP) is 2.49. The summed E-state index contributed by atoms with van der Waals surface area (Å²) < 4.78 is 0. The molecule has 0 saturated heterocycles. The van der Waals surface area contributed by atoms with Gasteiger partial charge in [0, 0.05) is 11.4 Å². The zero-order valence-electron chi connectivity index (χ0n) is 13.2. The van der Waals surface area contributed by atoms with Crippen molar-refractivity contribution < 1.29 is 0 Å². The molecule has 0 radical (unpaired) electrons. The van der Waals surface area contributed by atoms with Crippen molar-refractivity contribution in [2.75, 3.05) is 5.73 Å². The van der Waals surface area contributed by atoms with Gasteiger partial charge < -0.3 is 17.2 Å². The number of nitrogen functional groups attached to an aromatic ring is 1. The van der Waals surface area contributed by atoms with Gasteiger partial charge in [0.25, 0.3) is 0 Å². The highest BCUT2D eigenvalue weighted by Crippen LogP contribution is 2.25. The molecule has 6 N–H and O–H groups in total. The quantitative estimate of drug-likeness (QED) is 0.761. The number of hydrogen-bond acceptors (Lipinski definition) is 4. The molecule has 118 valence electrons. The number of allylic oxidation sites excluding steroid dienone is 1. The molecule has 4 heteroatoms. The average molecular weight is 306 g/mol. The Labute approximate surface area is 136 Å². The standard InChI is InChI=1S/C19H22N4/c1-13-8-9-19(22,18(21)23-13)12-14-4-2-5-15(10-14)16-6-3-7-17(20)11-16/h2-11,18H,12,20-22H2,1H3. The summed E-state index contributed by atoms with van der Waals surface area (Å²) in [6.07, 6.45) is 4.11. The van der Waals surface area contributed by atoms with Crippen molar-refractivity contribution in [2.45, 2.75) is 25.0 Å². The molecule has 2 aromatic carbocycles. The summed E-state index contributed by atoms with van der Waals surface area (Å²) in [7, 11) is 0. The number of dihydropyridines is 1. The monoisotopic (exact) mass is 306 g/mol. The molecule has 0 aromatic heterocycles. The lowest BCUT2D eigenvalue weighted by Crippen LogP contribution is -2.56. The van der Waals surface area contributed by atoms with Crippen LogP contribution >= 0.6 is 0 Å². The van der Waals surface area contributed by atoms with E-state index in [0.717, 1.165) is 28.1 Å². The second kappa shape index (κ2) is 5.99. The van der Waals surface area contributed by atoms with Crippen LogP contribution in [0.5, 0.6) is 0 Å². The van der Waals surface area contributed by atoms with Gasteiger partial charge in [-0.05, 0) is 48.2 Å². The second-order valence-electron chi connectivity index (χ2n) is 6.16. The van der Waals surface area contributed by atoms with E-state index in [-0.39, 0.29) is 0 Å². The predicted molar refractivity (Wildman–Crippen MR) is 97.1 cm³/mol. The van der Waals surface area contributed by atoms with Gasteiger partial charge in [-0.25, -0.2) is 0 Å². The van der Waals surface area contributed by atoms with Crippen LogP contribution in [0.25, 0.3) is 11.1 Å². The van der Waals surface area contributed by atoms with Gasteiger partial charge in [-0.15, -0.1) is 0 Å². The minimum atomic E-state index is -0.659. The molecule has 4 nitrogen and oxygen atoms in total. The van der Waals surface area contributed by atoms with Crippen molar-refractivity contribution in [3.05, 3.63) is 66.2 Å². The number of benzene rings is 2. The Morgan fingerprint density at radius 3 is 2.48 bits per heavy atom. The zero-order valence-corrected chi connectivity index (χ0v) is 13.2.